The van der Waals surface area contributed by atoms with E-state index in [0.29, 0.717) is 25.3 Å². The largest absolute Gasteiger partial charge is 0.392 e. The van der Waals surface area contributed by atoms with Crippen molar-refractivity contribution in [1.29, 1.82) is 0 Å². The third kappa shape index (κ3) is 3.63. The molecule has 6 heteroatoms. The third-order valence-corrected chi connectivity index (χ3v) is 5.85. The molecule has 0 aliphatic carbocycles. The molecule has 1 aromatic rings. The zero-order valence-corrected chi connectivity index (χ0v) is 13.4. The maximum absolute atomic E-state index is 12.7. The summed E-state index contributed by atoms with van der Waals surface area (Å²) in [6.45, 7) is 5.03. The molecule has 21 heavy (non-hydrogen) atoms. The summed E-state index contributed by atoms with van der Waals surface area (Å²) in [5.74, 6) is 0. The van der Waals surface area contributed by atoms with E-state index in [-0.39, 0.29) is 17.6 Å². The molecule has 1 aromatic carbocycles. The molecule has 1 unspecified atom stereocenters. The molecule has 0 amide bonds. The summed E-state index contributed by atoms with van der Waals surface area (Å²) in [5, 5.41) is 9.31. The summed E-state index contributed by atoms with van der Waals surface area (Å²) in [5.41, 5.74) is 1.53. The first-order chi connectivity index (χ1) is 9.98. The first-order valence-electron chi connectivity index (χ1n) is 7.31. The minimum atomic E-state index is -3.55. The van der Waals surface area contributed by atoms with Gasteiger partial charge in [0.2, 0.25) is 10.0 Å². The van der Waals surface area contributed by atoms with Crippen molar-refractivity contribution in [2.45, 2.75) is 44.3 Å². The van der Waals surface area contributed by atoms with E-state index in [1.807, 2.05) is 13.8 Å². The van der Waals surface area contributed by atoms with Crippen LogP contribution in [0, 0.1) is 6.92 Å². The second-order valence-electron chi connectivity index (χ2n) is 5.34. The molecule has 1 fully saturated rings. The topological polar surface area (TPSA) is 66.8 Å². The molecule has 0 spiro atoms. The lowest BCUT2D eigenvalue weighted by molar-refractivity contribution is 0.0947. The molecule has 1 heterocycles. The first-order valence-corrected chi connectivity index (χ1v) is 8.75. The number of nitrogens with zero attached hydrogens (tertiary/aromatic N) is 1. The Kier molecular flexibility index (Phi) is 5.37. The van der Waals surface area contributed by atoms with Gasteiger partial charge >= 0.3 is 0 Å². The number of likely N-dealkylation sites (N-methyl/N-ethyl adjacent to an activating group) is 1. The predicted octanol–water partition coefficient (Wildman–Crippen LogP) is 1.68. The van der Waals surface area contributed by atoms with E-state index in [0.717, 1.165) is 18.4 Å². The number of aliphatic hydroxyl groups is 1. The lowest BCUT2D eigenvalue weighted by Gasteiger charge is -2.23. The van der Waals surface area contributed by atoms with Gasteiger partial charge in [0.05, 0.1) is 17.6 Å². The minimum absolute atomic E-state index is 0.0116. The van der Waals surface area contributed by atoms with Gasteiger partial charge < -0.3 is 9.84 Å². The van der Waals surface area contributed by atoms with E-state index < -0.39 is 10.0 Å². The quantitative estimate of drug-likeness (QED) is 0.867. The molecule has 5 nitrogen and oxygen atoms in total. The fraction of sp³-hybridized carbons (Fsp3) is 0.600. The van der Waals surface area contributed by atoms with Crippen LogP contribution in [-0.2, 0) is 21.4 Å². The molecule has 2 rings (SSSR count). The number of ether oxygens (including phenoxy) is 1. The van der Waals surface area contributed by atoms with Gasteiger partial charge in [-0.3, -0.25) is 0 Å². The van der Waals surface area contributed by atoms with Crippen LogP contribution < -0.4 is 0 Å². The van der Waals surface area contributed by atoms with Crippen molar-refractivity contribution in [3.63, 3.8) is 0 Å². The number of rotatable bonds is 6. The summed E-state index contributed by atoms with van der Waals surface area (Å²) >= 11 is 0. The minimum Gasteiger partial charge on any atom is -0.392 e. The van der Waals surface area contributed by atoms with Crippen LogP contribution >= 0.6 is 0 Å². The predicted molar refractivity (Wildman–Crippen MR) is 80.5 cm³/mol. The molecule has 0 aromatic heterocycles. The van der Waals surface area contributed by atoms with Gasteiger partial charge in [0.1, 0.15) is 0 Å². The molecular weight excluding hydrogens is 290 g/mol. The number of hydrogen-bond donors (Lipinski definition) is 1. The van der Waals surface area contributed by atoms with Crippen LogP contribution in [0.2, 0.25) is 0 Å². The monoisotopic (exact) mass is 313 g/mol. The highest BCUT2D eigenvalue weighted by Crippen LogP contribution is 2.22. The lowest BCUT2D eigenvalue weighted by atomic mass is 10.1. The molecule has 0 bridgehead atoms. The molecule has 1 atom stereocenters. The van der Waals surface area contributed by atoms with Crippen molar-refractivity contribution < 1.29 is 18.3 Å². The second kappa shape index (κ2) is 6.87. The number of sulfonamides is 1. The Morgan fingerprint density at radius 3 is 2.76 bits per heavy atom. The van der Waals surface area contributed by atoms with Crippen molar-refractivity contribution in [2.75, 3.05) is 19.7 Å². The SMILES string of the molecule is CCN(CC1CCCO1)S(=O)(=O)c1ccc(C)c(CO)c1. The summed E-state index contributed by atoms with van der Waals surface area (Å²) in [4.78, 5) is 0.233. The number of benzene rings is 1. The molecule has 0 radical (unpaired) electrons. The third-order valence-electron chi connectivity index (χ3n) is 3.91. The molecule has 118 valence electrons. The van der Waals surface area contributed by atoms with E-state index in [9.17, 15) is 13.5 Å². The summed E-state index contributed by atoms with van der Waals surface area (Å²) in [6.07, 6.45) is 1.88. The van der Waals surface area contributed by atoms with Gasteiger partial charge in [0, 0.05) is 19.7 Å². The zero-order valence-electron chi connectivity index (χ0n) is 12.6. The van der Waals surface area contributed by atoms with Gasteiger partial charge in [-0.15, -0.1) is 0 Å². The maximum Gasteiger partial charge on any atom is 0.243 e. The van der Waals surface area contributed by atoms with Gasteiger partial charge in [-0.05, 0) is 43.0 Å². The Labute approximate surface area is 126 Å². The highest BCUT2D eigenvalue weighted by Gasteiger charge is 2.28. The molecule has 0 saturated carbocycles. The normalized spacial score (nSPS) is 19.3. The van der Waals surface area contributed by atoms with E-state index in [1.165, 1.54) is 4.31 Å². The van der Waals surface area contributed by atoms with Crippen molar-refractivity contribution in [3.05, 3.63) is 29.3 Å². The van der Waals surface area contributed by atoms with E-state index in [4.69, 9.17) is 4.74 Å². The molecular formula is C15H23NO4S. The average Bonchev–Trinajstić information content (AvgIpc) is 2.97. The molecule has 1 saturated heterocycles. The van der Waals surface area contributed by atoms with E-state index in [2.05, 4.69) is 0 Å². The van der Waals surface area contributed by atoms with Crippen LogP contribution in [0.3, 0.4) is 0 Å². The van der Waals surface area contributed by atoms with Crippen LogP contribution in [-0.4, -0.2) is 43.6 Å². The number of aliphatic hydroxyl groups excluding tert-OH is 1. The maximum atomic E-state index is 12.7. The van der Waals surface area contributed by atoms with Crippen molar-refractivity contribution in [1.82, 2.24) is 4.31 Å². The van der Waals surface area contributed by atoms with Crippen molar-refractivity contribution in [3.8, 4) is 0 Å². The van der Waals surface area contributed by atoms with E-state index in [1.54, 1.807) is 18.2 Å². The molecule has 1 N–H and O–H groups in total. The Morgan fingerprint density at radius 2 is 2.19 bits per heavy atom. The first kappa shape index (κ1) is 16.4. The molecule has 1 aliphatic rings. The number of hydrogen-bond acceptors (Lipinski definition) is 4. The fourth-order valence-electron chi connectivity index (χ4n) is 2.54. The Morgan fingerprint density at radius 1 is 1.43 bits per heavy atom. The molecule has 1 aliphatic heterocycles. The standard InChI is InChI=1S/C15H23NO4S/c1-3-16(10-14-5-4-8-20-14)21(18,19)15-7-6-12(2)13(9-15)11-17/h6-7,9,14,17H,3-5,8,10-11H2,1-2H3. The summed E-state index contributed by atoms with van der Waals surface area (Å²) in [6, 6.07) is 4.89. The van der Waals surface area contributed by atoms with Crippen LogP contribution in [0.25, 0.3) is 0 Å². The average molecular weight is 313 g/mol. The van der Waals surface area contributed by atoms with E-state index >= 15 is 0 Å². The Bertz CT molecular complexity index is 579. The van der Waals surface area contributed by atoms with Gasteiger partial charge in [0.15, 0.2) is 0 Å². The van der Waals surface area contributed by atoms with Crippen LogP contribution in [0.4, 0.5) is 0 Å². The van der Waals surface area contributed by atoms with Crippen LogP contribution in [0.1, 0.15) is 30.9 Å². The van der Waals surface area contributed by atoms with Gasteiger partial charge in [0.25, 0.3) is 0 Å². The van der Waals surface area contributed by atoms with Gasteiger partial charge in [-0.2, -0.15) is 4.31 Å². The highest BCUT2D eigenvalue weighted by atomic mass is 32.2. The fourth-order valence-corrected chi connectivity index (χ4v) is 4.07. The van der Waals surface area contributed by atoms with Crippen molar-refractivity contribution in [2.24, 2.45) is 0 Å². The smallest absolute Gasteiger partial charge is 0.243 e. The zero-order chi connectivity index (χ0) is 15.5. The highest BCUT2D eigenvalue weighted by molar-refractivity contribution is 7.89. The van der Waals surface area contributed by atoms with Crippen molar-refractivity contribution >= 4 is 10.0 Å². The van der Waals surface area contributed by atoms with Gasteiger partial charge in [-0.25, -0.2) is 8.42 Å². The lowest BCUT2D eigenvalue weighted by Crippen LogP contribution is -2.37. The number of aryl methyl sites for hydroxylation is 1. The summed E-state index contributed by atoms with van der Waals surface area (Å²) in [7, 11) is -3.55. The Hall–Kier alpha value is -0.950. The van der Waals surface area contributed by atoms with Crippen LogP contribution in [0.5, 0.6) is 0 Å². The summed E-state index contributed by atoms with van der Waals surface area (Å²) < 4.78 is 32.4. The Balaban J connectivity index is 2.25. The van der Waals surface area contributed by atoms with Gasteiger partial charge in [-0.1, -0.05) is 13.0 Å². The van der Waals surface area contributed by atoms with Crippen LogP contribution in [0.15, 0.2) is 23.1 Å². The second-order valence-corrected chi connectivity index (χ2v) is 7.28.